The van der Waals surface area contributed by atoms with Crippen molar-refractivity contribution in [1.82, 2.24) is 0 Å². The van der Waals surface area contributed by atoms with Crippen molar-refractivity contribution in [2.24, 2.45) is 0 Å². The summed E-state index contributed by atoms with van der Waals surface area (Å²) in [5.74, 6) is -0.137. The van der Waals surface area contributed by atoms with Gasteiger partial charge in [0.05, 0.1) is 79.3 Å². The Morgan fingerprint density at radius 1 is 0.548 bits per heavy atom. The lowest BCUT2D eigenvalue weighted by molar-refractivity contribution is -0.145. The molecule has 0 N–H and O–H groups in total. The predicted octanol–water partition coefficient (Wildman–Crippen LogP) is 3.42. The molecule has 0 spiro atoms. The second-order valence-electron chi connectivity index (χ2n) is 6.75. The third-order valence-corrected chi connectivity index (χ3v) is 4.50. The summed E-state index contributed by atoms with van der Waals surface area (Å²) in [5.41, 5.74) is 0. The van der Waals surface area contributed by atoms with Crippen LogP contribution in [0.25, 0.3) is 0 Å². The molecule has 8 nitrogen and oxygen atoms in total. The molecule has 31 heavy (non-hydrogen) atoms. The fourth-order valence-electron chi connectivity index (χ4n) is 2.42. The number of rotatable bonds is 26. The van der Waals surface area contributed by atoms with Crippen LogP contribution in [-0.4, -0.2) is 96.3 Å². The molecule has 0 saturated carbocycles. The van der Waals surface area contributed by atoms with E-state index in [0.29, 0.717) is 85.7 Å². The average molecular weight is 562 g/mol. The molecule has 0 aromatic rings. The van der Waals surface area contributed by atoms with E-state index in [0.717, 1.165) is 23.9 Å². The van der Waals surface area contributed by atoms with Gasteiger partial charge in [0, 0.05) is 10.8 Å². The zero-order chi connectivity index (χ0) is 22.7. The third kappa shape index (κ3) is 27.9. The first-order valence-electron chi connectivity index (χ1n) is 11.5. The zero-order valence-corrected chi connectivity index (χ0v) is 21.4. The van der Waals surface area contributed by atoms with Crippen molar-refractivity contribution in [3.8, 4) is 0 Å². The van der Waals surface area contributed by atoms with E-state index in [1.54, 1.807) is 0 Å². The smallest absolute Gasteiger partial charge is 0.305 e. The molecule has 186 valence electrons. The van der Waals surface area contributed by atoms with Gasteiger partial charge in [-0.2, -0.15) is 0 Å². The number of esters is 1. The molecule has 0 aliphatic carbocycles. The van der Waals surface area contributed by atoms with Crippen molar-refractivity contribution in [1.29, 1.82) is 0 Å². The lowest BCUT2D eigenvalue weighted by Crippen LogP contribution is -2.15. The van der Waals surface area contributed by atoms with Gasteiger partial charge >= 0.3 is 5.97 Å². The van der Waals surface area contributed by atoms with Crippen LogP contribution in [0.5, 0.6) is 0 Å². The molecule has 0 fully saturated rings. The van der Waals surface area contributed by atoms with Crippen molar-refractivity contribution in [2.75, 3.05) is 90.3 Å². The van der Waals surface area contributed by atoms with Crippen LogP contribution in [0.3, 0.4) is 0 Å². The molecule has 0 amide bonds. The molecule has 0 saturated heterocycles. The Bertz CT molecular complexity index is 360. The van der Waals surface area contributed by atoms with Gasteiger partial charge < -0.3 is 33.2 Å². The molecule has 0 atom stereocenters. The quantitative estimate of drug-likeness (QED) is 0.0687. The maximum atomic E-state index is 11.5. The summed E-state index contributed by atoms with van der Waals surface area (Å²) in [4.78, 5) is 11.5. The van der Waals surface area contributed by atoms with Gasteiger partial charge in [-0.3, -0.25) is 4.79 Å². The summed E-state index contributed by atoms with van der Waals surface area (Å²) >= 11 is 2.28. The van der Waals surface area contributed by atoms with Gasteiger partial charge in [-0.05, 0) is 6.42 Å². The van der Waals surface area contributed by atoms with Gasteiger partial charge in [0.1, 0.15) is 6.61 Å². The average Bonchev–Trinajstić information content (AvgIpc) is 2.77. The van der Waals surface area contributed by atoms with Crippen LogP contribution in [-0.2, 0) is 38.0 Å². The van der Waals surface area contributed by atoms with E-state index in [9.17, 15) is 4.79 Å². The van der Waals surface area contributed by atoms with E-state index in [1.165, 1.54) is 19.3 Å². The van der Waals surface area contributed by atoms with E-state index in [1.807, 2.05) is 0 Å². The fraction of sp³-hybridized carbons (Fsp3) is 0.955. The Labute approximate surface area is 202 Å². The van der Waals surface area contributed by atoms with Crippen molar-refractivity contribution in [3.05, 3.63) is 0 Å². The van der Waals surface area contributed by atoms with Crippen LogP contribution in [0.4, 0.5) is 0 Å². The van der Waals surface area contributed by atoms with Crippen molar-refractivity contribution >= 4 is 28.6 Å². The highest BCUT2D eigenvalue weighted by atomic mass is 127. The highest BCUT2D eigenvalue weighted by Crippen LogP contribution is 2.05. The SMILES string of the molecule is CCCCCCCC(=O)OCCOCCOCCOCCOCCOCCOCCI. The van der Waals surface area contributed by atoms with Crippen LogP contribution in [0.15, 0.2) is 0 Å². The van der Waals surface area contributed by atoms with Crippen molar-refractivity contribution < 1.29 is 38.0 Å². The molecular formula is C22H43IO8. The number of carbonyl (C=O) groups excluding carboxylic acids is 1. The predicted molar refractivity (Wildman–Crippen MR) is 128 cm³/mol. The second-order valence-corrected chi connectivity index (χ2v) is 7.83. The summed E-state index contributed by atoms with van der Waals surface area (Å²) in [6.07, 6.45) is 6.14. The molecule has 0 aromatic heterocycles. The first kappa shape index (κ1) is 31.0. The fourth-order valence-corrected chi connectivity index (χ4v) is 2.73. The van der Waals surface area contributed by atoms with Crippen LogP contribution >= 0.6 is 22.6 Å². The number of hydrogen-bond donors (Lipinski definition) is 0. The first-order valence-corrected chi connectivity index (χ1v) is 13.0. The third-order valence-electron chi connectivity index (χ3n) is 4.06. The molecule has 0 bridgehead atoms. The number of halogens is 1. The number of carbonyl (C=O) groups is 1. The van der Waals surface area contributed by atoms with E-state index in [-0.39, 0.29) is 5.97 Å². The maximum Gasteiger partial charge on any atom is 0.305 e. The van der Waals surface area contributed by atoms with Crippen molar-refractivity contribution in [2.45, 2.75) is 45.4 Å². The molecule has 0 rings (SSSR count). The standard InChI is InChI=1S/C22H43IO8/c1-2-3-4-5-6-7-22(24)31-21-20-30-19-18-29-17-16-28-15-14-27-13-12-26-11-10-25-9-8-23/h2-21H2,1H3. The van der Waals surface area contributed by atoms with Gasteiger partial charge in [0.15, 0.2) is 0 Å². The zero-order valence-electron chi connectivity index (χ0n) is 19.3. The molecule has 0 aliphatic heterocycles. The minimum atomic E-state index is -0.137. The van der Waals surface area contributed by atoms with E-state index < -0.39 is 0 Å². The minimum absolute atomic E-state index is 0.137. The summed E-state index contributed by atoms with van der Waals surface area (Å²) < 4.78 is 38.4. The molecular weight excluding hydrogens is 519 g/mol. The number of unbranched alkanes of at least 4 members (excludes halogenated alkanes) is 4. The molecule has 0 radical (unpaired) electrons. The van der Waals surface area contributed by atoms with E-state index in [4.69, 9.17) is 33.2 Å². The van der Waals surface area contributed by atoms with Crippen LogP contribution in [0.1, 0.15) is 45.4 Å². The molecule has 0 aromatic carbocycles. The Balaban J connectivity index is 3.08. The maximum absolute atomic E-state index is 11.5. The second kappa shape index (κ2) is 28.0. The summed E-state index contributed by atoms with van der Waals surface area (Å²) in [6, 6.07) is 0. The largest absolute Gasteiger partial charge is 0.463 e. The van der Waals surface area contributed by atoms with Gasteiger partial charge in [0.2, 0.25) is 0 Å². The van der Waals surface area contributed by atoms with Gasteiger partial charge in [0.25, 0.3) is 0 Å². The monoisotopic (exact) mass is 562 g/mol. The van der Waals surface area contributed by atoms with E-state index >= 15 is 0 Å². The molecule has 9 heteroatoms. The highest BCUT2D eigenvalue weighted by molar-refractivity contribution is 14.1. The van der Waals surface area contributed by atoms with Crippen LogP contribution in [0, 0.1) is 0 Å². The highest BCUT2D eigenvalue weighted by Gasteiger charge is 2.02. The Kier molecular flexibility index (Phi) is 28.0. The van der Waals surface area contributed by atoms with E-state index in [2.05, 4.69) is 29.5 Å². The summed E-state index contributed by atoms with van der Waals surface area (Å²) in [6.45, 7) is 9.05. The number of hydrogen-bond acceptors (Lipinski definition) is 8. The number of alkyl halides is 1. The van der Waals surface area contributed by atoms with Crippen LogP contribution < -0.4 is 0 Å². The van der Waals surface area contributed by atoms with Gasteiger partial charge in [-0.15, -0.1) is 0 Å². The van der Waals surface area contributed by atoms with Gasteiger partial charge in [-0.25, -0.2) is 0 Å². The normalized spacial score (nSPS) is 11.2. The Morgan fingerprint density at radius 2 is 0.935 bits per heavy atom. The molecule has 0 unspecified atom stereocenters. The minimum Gasteiger partial charge on any atom is -0.463 e. The summed E-state index contributed by atoms with van der Waals surface area (Å²) in [7, 11) is 0. The lowest BCUT2D eigenvalue weighted by Gasteiger charge is -2.08. The Morgan fingerprint density at radius 3 is 1.35 bits per heavy atom. The topological polar surface area (TPSA) is 81.7 Å². The molecule has 0 heterocycles. The molecule has 0 aliphatic rings. The lowest BCUT2D eigenvalue weighted by atomic mass is 10.1. The Hall–Kier alpha value is -0.0400. The number of ether oxygens (including phenoxy) is 7. The summed E-state index contributed by atoms with van der Waals surface area (Å²) in [5, 5.41) is 0. The first-order chi connectivity index (χ1) is 15.3. The van der Waals surface area contributed by atoms with Crippen LogP contribution in [0.2, 0.25) is 0 Å². The van der Waals surface area contributed by atoms with Gasteiger partial charge in [-0.1, -0.05) is 55.2 Å². The van der Waals surface area contributed by atoms with Crippen molar-refractivity contribution in [3.63, 3.8) is 0 Å².